The van der Waals surface area contributed by atoms with Crippen LogP contribution in [0, 0.1) is 12.8 Å². The number of aromatic nitrogens is 2. The molecule has 1 aromatic heterocycles. The highest BCUT2D eigenvalue weighted by Gasteiger charge is 2.23. The quantitative estimate of drug-likeness (QED) is 0.398. The molecule has 1 amide bonds. The summed E-state index contributed by atoms with van der Waals surface area (Å²) in [5, 5.41) is 21.2. The van der Waals surface area contributed by atoms with Crippen LogP contribution in [-0.2, 0) is 17.6 Å². The first-order valence-electron chi connectivity index (χ1n) is 12.8. The highest BCUT2D eigenvalue weighted by molar-refractivity contribution is 5.96. The Balaban J connectivity index is 1.35. The Morgan fingerprint density at radius 3 is 2.22 bits per heavy atom. The van der Waals surface area contributed by atoms with E-state index < -0.39 is 18.4 Å². The summed E-state index contributed by atoms with van der Waals surface area (Å²) in [6.07, 6.45) is 4.78. The number of carboxylic acids is 1. The van der Waals surface area contributed by atoms with Crippen molar-refractivity contribution in [2.45, 2.75) is 46.0 Å². The van der Waals surface area contributed by atoms with Crippen LogP contribution in [0.15, 0.2) is 48.5 Å². The predicted molar refractivity (Wildman–Crippen MR) is 143 cm³/mol. The summed E-state index contributed by atoms with van der Waals surface area (Å²) in [6, 6.07) is 17.5. The van der Waals surface area contributed by atoms with Crippen LogP contribution in [0.4, 0.5) is 5.69 Å². The zero-order valence-electron chi connectivity index (χ0n) is 21.4. The molecule has 2 heterocycles. The van der Waals surface area contributed by atoms with Gasteiger partial charge in [0, 0.05) is 25.2 Å². The van der Waals surface area contributed by atoms with Crippen molar-refractivity contribution in [1.29, 1.82) is 0 Å². The van der Waals surface area contributed by atoms with E-state index in [1.807, 2.05) is 0 Å². The Bertz CT molecular complexity index is 1230. The molecule has 3 aromatic rings. The number of carbonyl (C=O) groups is 2. The SMILES string of the molecule is CCCc1ccc(-c2ccc(N3CCC(Cc4nc(C)c(O)c(C(=O)NCC(=O)O)n4)CC3)cc2)cc1. The standard InChI is InChI=1S/C29H34N4O4/c1-3-4-20-5-7-22(8-6-20)23-9-11-24(12-10-23)33-15-13-21(14-16-33)17-25-31-19(2)28(36)27(32-25)29(37)30-18-26(34)35/h5-12,21,36H,3-4,13-18H2,1-2H3,(H,30,37)(H,34,35). The van der Waals surface area contributed by atoms with Crippen LogP contribution in [0.25, 0.3) is 11.1 Å². The Kier molecular flexibility index (Phi) is 8.38. The molecule has 1 saturated heterocycles. The molecule has 0 atom stereocenters. The van der Waals surface area contributed by atoms with E-state index in [1.54, 1.807) is 6.92 Å². The summed E-state index contributed by atoms with van der Waals surface area (Å²) < 4.78 is 0. The number of piperidine rings is 1. The predicted octanol–water partition coefficient (Wildman–Crippen LogP) is 4.38. The number of aryl methyl sites for hydroxylation is 2. The summed E-state index contributed by atoms with van der Waals surface area (Å²) in [7, 11) is 0. The van der Waals surface area contributed by atoms with E-state index >= 15 is 0 Å². The fourth-order valence-electron chi connectivity index (χ4n) is 4.78. The average molecular weight is 503 g/mol. The van der Waals surface area contributed by atoms with E-state index in [-0.39, 0.29) is 11.4 Å². The molecule has 0 aliphatic carbocycles. The number of aliphatic carboxylic acids is 1. The van der Waals surface area contributed by atoms with E-state index in [9.17, 15) is 14.7 Å². The first kappa shape index (κ1) is 26.1. The van der Waals surface area contributed by atoms with Gasteiger partial charge in [0.15, 0.2) is 11.4 Å². The lowest BCUT2D eigenvalue weighted by atomic mass is 9.92. The summed E-state index contributed by atoms with van der Waals surface area (Å²) in [5.74, 6) is -1.36. The van der Waals surface area contributed by atoms with Crippen molar-refractivity contribution in [2.24, 2.45) is 5.92 Å². The molecule has 0 saturated carbocycles. The molecule has 0 bridgehead atoms. The fourth-order valence-corrected chi connectivity index (χ4v) is 4.78. The molecular weight excluding hydrogens is 468 g/mol. The number of hydrogen-bond acceptors (Lipinski definition) is 6. The van der Waals surface area contributed by atoms with Crippen molar-refractivity contribution < 1.29 is 19.8 Å². The van der Waals surface area contributed by atoms with E-state index in [4.69, 9.17) is 5.11 Å². The third-order valence-corrected chi connectivity index (χ3v) is 6.86. The number of aromatic hydroxyl groups is 1. The minimum Gasteiger partial charge on any atom is -0.504 e. The normalized spacial score (nSPS) is 13.9. The van der Waals surface area contributed by atoms with Crippen LogP contribution in [0.5, 0.6) is 5.75 Å². The molecule has 0 unspecified atom stereocenters. The molecule has 37 heavy (non-hydrogen) atoms. The van der Waals surface area contributed by atoms with Gasteiger partial charge in [-0.2, -0.15) is 0 Å². The van der Waals surface area contributed by atoms with Crippen molar-refractivity contribution in [3.05, 3.63) is 71.3 Å². The first-order chi connectivity index (χ1) is 17.8. The molecule has 1 aliphatic heterocycles. The summed E-state index contributed by atoms with van der Waals surface area (Å²) in [4.78, 5) is 34.0. The maximum Gasteiger partial charge on any atom is 0.322 e. The van der Waals surface area contributed by atoms with Gasteiger partial charge < -0.3 is 20.4 Å². The van der Waals surface area contributed by atoms with Gasteiger partial charge in [-0.05, 0) is 60.9 Å². The second kappa shape index (κ2) is 11.9. The molecule has 8 heteroatoms. The molecule has 0 radical (unpaired) electrons. The number of carbonyl (C=O) groups excluding carboxylic acids is 1. The third-order valence-electron chi connectivity index (χ3n) is 6.86. The van der Waals surface area contributed by atoms with Crippen LogP contribution in [0.2, 0.25) is 0 Å². The van der Waals surface area contributed by atoms with E-state index in [2.05, 4.69) is 75.6 Å². The van der Waals surface area contributed by atoms with Gasteiger partial charge in [-0.15, -0.1) is 0 Å². The van der Waals surface area contributed by atoms with E-state index in [1.165, 1.54) is 22.4 Å². The maximum absolute atomic E-state index is 12.3. The van der Waals surface area contributed by atoms with Crippen LogP contribution >= 0.6 is 0 Å². The summed E-state index contributed by atoms with van der Waals surface area (Å²) in [5.41, 5.74) is 5.15. The number of benzene rings is 2. The van der Waals surface area contributed by atoms with Crippen molar-refractivity contribution in [2.75, 3.05) is 24.5 Å². The lowest BCUT2D eigenvalue weighted by Gasteiger charge is -2.33. The Hall–Kier alpha value is -3.94. The number of amides is 1. The minimum absolute atomic E-state index is 0.179. The first-order valence-corrected chi connectivity index (χ1v) is 12.8. The molecule has 1 aliphatic rings. The second-order valence-electron chi connectivity index (χ2n) is 9.63. The van der Waals surface area contributed by atoms with Gasteiger partial charge in [-0.25, -0.2) is 9.97 Å². The topological polar surface area (TPSA) is 116 Å². The van der Waals surface area contributed by atoms with Crippen molar-refractivity contribution in [1.82, 2.24) is 15.3 Å². The summed E-state index contributed by atoms with van der Waals surface area (Å²) in [6.45, 7) is 5.10. The van der Waals surface area contributed by atoms with Crippen LogP contribution in [0.3, 0.4) is 0 Å². The zero-order chi connectivity index (χ0) is 26.4. The number of rotatable bonds is 9. The number of anilines is 1. The van der Waals surface area contributed by atoms with Gasteiger partial charge in [0.25, 0.3) is 5.91 Å². The van der Waals surface area contributed by atoms with Crippen LogP contribution < -0.4 is 10.2 Å². The van der Waals surface area contributed by atoms with Gasteiger partial charge in [-0.3, -0.25) is 9.59 Å². The molecule has 1 fully saturated rings. The number of hydrogen-bond donors (Lipinski definition) is 3. The Morgan fingerprint density at radius 1 is 1.00 bits per heavy atom. The van der Waals surface area contributed by atoms with Gasteiger partial charge in [0.1, 0.15) is 12.4 Å². The third kappa shape index (κ3) is 6.64. The van der Waals surface area contributed by atoms with E-state index in [0.717, 1.165) is 38.8 Å². The number of nitrogens with zero attached hydrogens (tertiary/aromatic N) is 3. The van der Waals surface area contributed by atoms with Crippen molar-refractivity contribution in [3.8, 4) is 16.9 Å². The second-order valence-corrected chi connectivity index (χ2v) is 9.63. The largest absolute Gasteiger partial charge is 0.504 e. The molecule has 0 spiro atoms. The summed E-state index contributed by atoms with van der Waals surface area (Å²) >= 11 is 0. The molecule has 3 N–H and O–H groups in total. The Labute approximate surface area is 217 Å². The van der Waals surface area contributed by atoms with Gasteiger partial charge in [0.2, 0.25) is 0 Å². The highest BCUT2D eigenvalue weighted by Crippen LogP contribution is 2.29. The molecular formula is C29H34N4O4. The molecule has 4 rings (SSSR count). The average Bonchev–Trinajstić information content (AvgIpc) is 2.90. The maximum atomic E-state index is 12.3. The van der Waals surface area contributed by atoms with Crippen molar-refractivity contribution in [3.63, 3.8) is 0 Å². The molecule has 8 nitrogen and oxygen atoms in total. The monoisotopic (exact) mass is 502 g/mol. The van der Waals surface area contributed by atoms with Gasteiger partial charge in [0.05, 0.1) is 5.69 Å². The number of nitrogens with one attached hydrogen (secondary N) is 1. The lowest BCUT2D eigenvalue weighted by molar-refractivity contribution is -0.135. The van der Waals surface area contributed by atoms with Crippen molar-refractivity contribution >= 4 is 17.6 Å². The zero-order valence-corrected chi connectivity index (χ0v) is 21.4. The van der Waals surface area contributed by atoms with Gasteiger partial charge >= 0.3 is 5.97 Å². The van der Waals surface area contributed by atoms with Crippen LogP contribution in [-0.4, -0.2) is 51.7 Å². The van der Waals surface area contributed by atoms with Gasteiger partial charge in [-0.1, -0.05) is 49.7 Å². The molecule has 194 valence electrons. The molecule has 2 aromatic carbocycles. The van der Waals surface area contributed by atoms with Crippen LogP contribution in [0.1, 0.15) is 53.8 Å². The van der Waals surface area contributed by atoms with E-state index in [0.29, 0.717) is 23.9 Å². The minimum atomic E-state index is -1.17. The smallest absolute Gasteiger partial charge is 0.322 e. The number of carboxylic acid groups (broad SMARTS) is 1. The Morgan fingerprint density at radius 2 is 1.62 bits per heavy atom. The lowest BCUT2D eigenvalue weighted by Crippen LogP contribution is -2.34. The highest BCUT2D eigenvalue weighted by atomic mass is 16.4. The fraction of sp³-hybridized carbons (Fsp3) is 0.379.